The highest BCUT2D eigenvalue weighted by molar-refractivity contribution is 5.30. The Balaban J connectivity index is 1.41. The minimum absolute atomic E-state index is 0.0476. The van der Waals surface area contributed by atoms with E-state index in [1.165, 1.54) is 51.4 Å². The number of halogens is 5. The summed E-state index contributed by atoms with van der Waals surface area (Å²) in [6.07, 6.45) is 12.1. The van der Waals surface area contributed by atoms with Crippen LogP contribution in [0.1, 0.15) is 101 Å². The molecule has 174 valence electrons. The molecule has 0 N–H and O–H groups in total. The van der Waals surface area contributed by atoms with Crippen LogP contribution in [-0.2, 0) is 6.18 Å². The Morgan fingerprint density at radius 3 is 1.68 bits per heavy atom. The molecule has 0 amide bonds. The summed E-state index contributed by atoms with van der Waals surface area (Å²) in [7, 11) is 0. The van der Waals surface area contributed by atoms with Gasteiger partial charge in [-0.15, -0.1) is 6.58 Å². The topological polar surface area (TPSA) is 0 Å². The lowest BCUT2D eigenvalue weighted by Crippen LogP contribution is -2.18. The fraction of sp³-hybridized carbons (Fsp3) is 0.692. The quantitative estimate of drug-likeness (QED) is 0.214. The maximum atomic E-state index is 13.9. The Kier molecular flexibility index (Phi) is 8.58. The molecule has 0 saturated heterocycles. The molecule has 1 aromatic carbocycles. The molecular formula is C26H35F5. The van der Waals surface area contributed by atoms with Crippen molar-refractivity contribution in [1.29, 1.82) is 0 Å². The fourth-order valence-electron chi connectivity index (χ4n) is 5.71. The molecule has 0 aromatic heterocycles. The third-order valence-electron chi connectivity index (χ3n) is 7.64. The van der Waals surface area contributed by atoms with Crippen molar-refractivity contribution in [2.24, 2.45) is 17.8 Å². The van der Waals surface area contributed by atoms with Crippen LogP contribution in [0.4, 0.5) is 22.0 Å². The predicted octanol–water partition coefficient (Wildman–Crippen LogP) is 9.20. The van der Waals surface area contributed by atoms with Crippen molar-refractivity contribution in [2.75, 3.05) is 0 Å². The molecule has 2 aliphatic rings. The standard InChI is InChI=1S/C26H35F5/c1-2-3-4-5-18-6-8-19(9-7-18)10-11-20-12-14-21(15-13-20)22-16-23(27)25(24(28)17-22)26(29,30)31/h2,16-21H,1,3-15H2. The van der Waals surface area contributed by atoms with Crippen molar-refractivity contribution < 1.29 is 22.0 Å². The first-order valence-corrected chi connectivity index (χ1v) is 11.9. The number of benzene rings is 1. The second kappa shape index (κ2) is 11.0. The molecule has 0 radical (unpaired) electrons. The molecule has 5 heteroatoms. The summed E-state index contributed by atoms with van der Waals surface area (Å²) in [5.74, 6) is -0.698. The van der Waals surface area contributed by atoms with E-state index in [2.05, 4.69) is 6.58 Å². The Morgan fingerprint density at radius 2 is 1.23 bits per heavy atom. The number of hydrogen-bond acceptors (Lipinski definition) is 0. The lowest BCUT2D eigenvalue weighted by molar-refractivity contribution is -0.142. The first-order valence-electron chi connectivity index (χ1n) is 11.9. The summed E-state index contributed by atoms with van der Waals surface area (Å²) in [5.41, 5.74) is -1.41. The zero-order valence-electron chi connectivity index (χ0n) is 18.3. The van der Waals surface area contributed by atoms with Crippen molar-refractivity contribution in [2.45, 2.75) is 95.6 Å². The third-order valence-corrected chi connectivity index (χ3v) is 7.64. The van der Waals surface area contributed by atoms with Crippen LogP contribution < -0.4 is 0 Å². The monoisotopic (exact) mass is 442 g/mol. The summed E-state index contributed by atoms with van der Waals surface area (Å²) in [4.78, 5) is 0. The molecule has 2 fully saturated rings. The van der Waals surface area contributed by atoms with Gasteiger partial charge >= 0.3 is 6.18 Å². The smallest absolute Gasteiger partial charge is 0.206 e. The molecule has 0 aliphatic heterocycles. The molecule has 31 heavy (non-hydrogen) atoms. The van der Waals surface area contributed by atoms with Gasteiger partial charge in [0.1, 0.15) is 17.2 Å². The van der Waals surface area contributed by atoms with Gasteiger partial charge in [-0.2, -0.15) is 13.2 Å². The van der Waals surface area contributed by atoms with E-state index < -0.39 is 23.4 Å². The lowest BCUT2D eigenvalue weighted by atomic mass is 9.74. The van der Waals surface area contributed by atoms with Gasteiger partial charge in [-0.1, -0.05) is 51.0 Å². The number of unbranched alkanes of at least 4 members (excludes halogenated alkanes) is 1. The van der Waals surface area contributed by atoms with Crippen LogP contribution in [0.25, 0.3) is 0 Å². The van der Waals surface area contributed by atoms with Gasteiger partial charge in [-0.05, 0) is 79.9 Å². The molecule has 0 spiro atoms. The minimum atomic E-state index is -5.00. The van der Waals surface area contributed by atoms with Crippen LogP contribution in [0.3, 0.4) is 0 Å². The lowest BCUT2D eigenvalue weighted by Gasteiger charge is -2.32. The molecule has 0 atom stereocenters. The number of alkyl halides is 3. The van der Waals surface area contributed by atoms with Crippen molar-refractivity contribution in [3.05, 3.63) is 47.5 Å². The Labute approximate surface area is 183 Å². The number of rotatable bonds is 8. The van der Waals surface area contributed by atoms with Crippen molar-refractivity contribution in [1.82, 2.24) is 0 Å². The molecule has 0 nitrogen and oxygen atoms in total. The largest absolute Gasteiger partial charge is 0.422 e. The van der Waals surface area contributed by atoms with E-state index in [0.29, 0.717) is 11.5 Å². The van der Waals surface area contributed by atoms with Crippen LogP contribution >= 0.6 is 0 Å². The molecular weight excluding hydrogens is 407 g/mol. The van der Waals surface area contributed by atoms with E-state index in [1.807, 2.05) is 6.08 Å². The average molecular weight is 443 g/mol. The molecule has 0 unspecified atom stereocenters. The van der Waals surface area contributed by atoms with Gasteiger partial charge in [-0.25, -0.2) is 8.78 Å². The van der Waals surface area contributed by atoms with Gasteiger partial charge in [0.25, 0.3) is 0 Å². The highest BCUT2D eigenvalue weighted by atomic mass is 19.4. The van der Waals surface area contributed by atoms with Crippen LogP contribution in [0.15, 0.2) is 24.8 Å². The maximum absolute atomic E-state index is 13.9. The predicted molar refractivity (Wildman–Crippen MR) is 115 cm³/mol. The number of allylic oxidation sites excluding steroid dienone is 1. The molecule has 0 heterocycles. The second-order valence-electron chi connectivity index (χ2n) is 9.76. The third kappa shape index (κ3) is 6.79. The Morgan fingerprint density at radius 1 is 0.774 bits per heavy atom. The molecule has 2 saturated carbocycles. The summed E-state index contributed by atoms with van der Waals surface area (Å²) in [6.45, 7) is 3.79. The van der Waals surface area contributed by atoms with Crippen LogP contribution in [0.5, 0.6) is 0 Å². The van der Waals surface area contributed by atoms with E-state index in [-0.39, 0.29) is 5.92 Å². The average Bonchev–Trinajstić information content (AvgIpc) is 2.72. The second-order valence-corrected chi connectivity index (χ2v) is 9.76. The van der Waals surface area contributed by atoms with Gasteiger partial charge < -0.3 is 0 Å². The zero-order valence-corrected chi connectivity index (χ0v) is 18.3. The highest BCUT2D eigenvalue weighted by Crippen LogP contribution is 2.42. The minimum Gasteiger partial charge on any atom is -0.206 e. The SMILES string of the molecule is C=CCCCC1CCC(CCC2CCC(c3cc(F)c(C(F)(F)F)c(F)c3)CC2)CC1. The zero-order chi connectivity index (χ0) is 22.4. The summed E-state index contributed by atoms with van der Waals surface area (Å²) >= 11 is 0. The van der Waals surface area contributed by atoms with Crippen molar-refractivity contribution in [3.8, 4) is 0 Å². The Bertz CT molecular complexity index is 684. The van der Waals surface area contributed by atoms with Gasteiger partial charge in [0.2, 0.25) is 0 Å². The van der Waals surface area contributed by atoms with E-state index in [0.717, 1.165) is 56.1 Å². The molecule has 2 aliphatic carbocycles. The summed E-state index contributed by atoms with van der Waals surface area (Å²) < 4.78 is 66.2. The summed E-state index contributed by atoms with van der Waals surface area (Å²) in [6, 6.07) is 1.79. The van der Waals surface area contributed by atoms with Gasteiger partial charge in [0.05, 0.1) is 0 Å². The van der Waals surface area contributed by atoms with Crippen LogP contribution in [0.2, 0.25) is 0 Å². The maximum Gasteiger partial charge on any atom is 0.422 e. The first kappa shape index (κ1) is 24.3. The number of hydrogen-bond donors (Lipinski definition) is 0. The highest BCUT2D eigenvalue weighted by Gasteiger charge is 2.38. The first-order chi connectivity index (χ1) is 14.8. The van der Waals surface area contributed by atoms with E-state index in [1.54, 1.807) is 0 Å². The van der Waals surface area contributed by atoms with E-state index in [4.69, 9.17) is 0 Å². The van der Waals surface area contributed by atoms with Gasteiger partial charge in [0, 0.05) is 0 Å². The molecule has 1 aromatic rings. The normalized spacial score (nSPS) is 27.3. The van der Waals surface area contributed by atoms with Crippen molar-refractivity contribution in [3.63, 3.8) is 0 Å². The van der Waals surface area contributed by atoms with Crippen LogP contribution in [-0.4, -0.2) is 0 Å². The van der Waals surface area contributed by atoms with E-state index >= 15 is 0 Å². The summed E-state index contributed by atoms with van der Waals surface area (Å²) in [5, 5.41) is 0. The van der Waals surface area contributed by atoms with Gasteiger partial charge in [0.15, 0.2) is 0 Å². The van der Waals surface area contributed by atoms with Gasteiger partial charge in [-0.3, -0.25) is 0 Å². The Hall–Kier alpha value is -1.39. The van der Waals surface area contributed by atoms with E-state index in [9.17, 15) is 22.0 Å². The molecule has 3 rings (SSSR count). The van der Waals surface area contributed by atoms with Crippen LogP contribution in [0, 0.1) is 29.4 Å². The van der Waals surface area contributed by atoms with Crippen molar-refractivity contribution >= 4 is 0 Å². The fourth-order valence-corrected chi connectivity index (χ4v) is 5.71. The molecule has 0 bridgehead atoms.